The first-order valence-electron chi connectivity index (χ1n) is 17.6. The largest absolute Gasteiger partial charge is 0.394 e. The van der Waals surface area contributed by atoms with E-state index in [9.17, 15) is 0 Å². The van der Waals surface area contributed by atoms with Crippen molar-refractivity contribution in [2.75, 3.05) is 0 Å². The molecule has 0 unspecified atom stereocenters. The van der Waals surface area contributed by atoms with Crippen LogP contribution in [0.3, 0.4) is 0 Å². The van der Waals surface area contributed by atoms with E-state index < -0.39 is 10.4 Å². The fraction of sp³-hybridized carbons (Fsp3) is 0.833. The van der Waals surface area contributed by atoms with E-state index in [1.165, 1.54) is 180 Å². The Morgan fingerprint density at radius 2 is 0.610 bits per heavy atom. The van der Waals surface area contributed by atoms with Crippen LogP contribution in [-0.4, -0.2) is 17.5 Å². The van der Waals surface area contributed by atoms with Crippen molar-refractivity contribution < 1.29 is 17.5 Å². The highest BCUT2D eigenvalue weighted by Gasteiger charge is 2.03. The monoisotopic (exact) mass is 596 g/mol. The molecule has 2 N–H and O–H groups in total. The van der Waals surface area contributed by atoms with Gasteiger partial charge >= 0.3 is 10.4 Å². The predicted octanol–water partition coefficient (Wildman–Crippen LogP) is 12.3. The van der Waals surface area contributed by atoms with Gasteiger partial charge in [0.05, 0.1) is 0 Å². The third-order valence-corrected chi connectivity index (χ3v) is 8.22. The second kappa shape index (κ2) is 30.5. The van der Waals surface area contributed by atoms with Gasteiger partial charge in [-0.15, -0.1) is 0 Å². The Balaban J connectivity index is 0.00000292. The Hall–Kier alpha value is -0.910. The molecule has 0 spiro atoms. The zero-order valence-corrected chi connectivity index (χ0v) is 28.0. The van der Waals surface area contributed by atoms with E-state index in [0.29, 0.717) is 0 Å². The molecule has 0 aromatic heterocycles. The van der Waals surface area contributed by atoms with Crippen LogP contribution in [0.2, 0.25) is 0 Å². The number of rotatable bonds is 28. The van der Waals surface area contributed by atoms with E-state index in [0.717, 1.165) is 0 Å². The number of unbranched alkanes of at least 4 members (excludes halogenated alkanes) is 24. The molecule has 0 atom stereocenters. The van der Waals surface area contributed by atoms with E-state index in [1.54, 1.807) is 11.1 Å². The van der Waals surface area contributed by atoms with Crippen molar-refractivity contribution in [3.8, 4) is 0 Å². The van der Waals surface area contributed by atoms with Gasteiger partial charge in [-0.05, 0) is 36.8 Å². The van der Waals surface area contributed by atoms with Gasteiger partial charge in [0.1, 0.15) is 0 Å². The number of hydrogen-bond donors (Lipinski definition) is 2. The van der Waals surface area contributed by atoms with Crippen molar-refractivity contribution in [2.45, 2.75) is 194 Å². The number of aryl methyl sites for hydroxylation is 2. The quantitative estimate of drug-likeness (QED) is 0.0745. The summed E-state index contributed by atoms with van der Waals surface area (Å²) in [6.07, 6.45) is 40.1. The van der Waals surface area contributed by atoms with Crippen LogP contribution in [0.4, 0.5) is 0 Å². The number of benzene rings is 1. The first kappa shape index (κ1) is 40.1. The molecule has 0 amide bonds. The molecule has 1 rings (SSSR count). The SMILES string of the molecule is CCCCCCCCCCCCCCCc1ccccc1CCCCCCCCCCCCCCC.O=S(=O)(O)O. The van der Waals surface area contributed by atoms with Gasteiger partial charge in [0.2, 0.25) is 0 Å². The highest BCUT2D eigenvalue weighted by atomic mass is 32.3. The Morgan fingerprint density at radius 1 is 0.415 bits per heavy atom. The number of hydrogen-bond acceptors (Lipinski definition) is 2. The fourth-order valence-corrected chi connectivity index (χ4v) is 5.71. The van der Waals surface area contributed by atoms with Crippen LogP contribution in [-0.2, 0) is 23.2 Å². The van der Waals surface area contributed by atoms with E-state index in [1.807, 2.05) is 0 Å². The van der Waals surface area contributed by atoms with E-state index in [4.69, 9.17) is 17.5 Å². The first-order chi connectivity index (χ1) is 19.9. The summed E-state index contributed by atoms with van der Waals surface area (Å²) < 4.78 is 31.6. The van der Waals surface area contributed by atoms with E-state index in [2.05, 4.69) is 38.1 Å². The standard InChI is InChI=1S/C36H66.H2O4S/c1-3-5-7-9-11-13-15-17-19-21-23-25-27-31-35-33-29-30-34-36(35)32-28-26-24-22-20-18-16-14-12-10-8-6-4-2;1-5(2,3)4/h29-30,33-34H,3-28,31-32H2,1-2H3;(H2,1,2,3,4). The Labute approximate surface area is 256 Å². The molecular weight excluding hydrogens is 528 g/mol. The second-order valence-electron chi connectivity index (χ2n) is 12.2. The van der Waals surface area contributed by atoms with E-state index >= 15 is 0 Å². The smallest absolute Gasteiger partial charge is 0.264 e. The molecule has 0 saturated carbocycles. The summed E-state index contributed by atoms with van der Waals surface area (Å²) in [4.78, 5) is 0. The Morgan fingerprint density at radius 3 is 0.829 bits per heavy atom. The van der Waals surface area contributed by atoms with Gasteiger partial charge in [-0.1, -0.05) is 192 Å². The van der Waals surface area contributed by atoms with Crippen LogP contribution in [0.15, 0.2) is 24.3 Å². The summed E-state index contributed by atoms with van der Waals surface area (Å²) in [5, 5.41) is 0. The molecule has 242 valence electrons. The zero-order chi connectivity index (χ0) is 30.3. The van der Waals surface area contributed by atoms with Crippen molar-refractivity contribution in [3.05, 3.63) is 35.4 Å². The molecular formula is C36H68O4S. The van der Waals surface area contributed by atoms with Gasteiger partial charge < -0.3 is 0 Å². The molecule has 0 fully saturated rings. The molecule has 1 aromatic carbocycles. The van der Waals surface area contributed by atoms with Gasteiger partial charge in [-0.2, -0.15) is 8.42 Å². The molecule has 41 heavy (non-hydrogen) atoms. The van der Waals surface area contributed by atoms with Gasteiger partial charge in [0, 0.05) is 0 Å². The zero-order valence-electron chi connectivity index (χ0n) is 27.2. The minimum atomic E-state index is -4.67. The van der Waals surface area contributed by atoms with Crippen molar-refractivity contribution in [1.29, 1.82) is 0 Å². The first-order valence-corrected chi connectivity index (χ1v) is 19.0. The summed E-state index contributed by atoms with van der Waals surface area (Å²) in [5.41, 5.74) is 3.28. The third-order valence-electron chi connectivity index (χ3n) is 8.22. The summed E-state index contributed by atoms with van der Waals surface area (Å²) in [7, 11) is -4.67. The molecule has 5 heteroatoms. The molecule has 1 aromatic rings. The lowest BCUT2D eigenvalue weighted by Gasteiger charge is -2.10. The Bertz CT molecular complexity index is 706. The molecule has 0 bridgehead atoms. The summed E-state index contributed by atoms with van der Waals surface area (Å²) >= 11 is 0. The van der Waals surface area contributed by atoms with Crippen LogP contribution in [0.1, 0.15) is 192 Å². The average molecular weight is 597 g/mol. The molecule has 0 saturated heterocycles. The Kier molecular flexibility index (Phi) is 29.9. The summed E-state index contributed by atoms with van der Waals surface area (Å²) in [6, 6.07) is 9.31. The van der Waals surface area contributed by atoms with E-state index in [-0.39, 0.29) is 0 Å². The maximum absolute atomic E-state index is 8.74. The normalized spacial score (nSPS) is 11.4. The lowest BCUT2D eigenvalue weighted by Crippen LogP contribution is -1.95. The van der Waals surface area contributed by atoms with Crippen molar-refractivity contribution in [3.63, 3.8) is 0 Å². The molecule has 0 aliphatic carbocycles. The fourth-order valence-electron chi connectivity index (χ4n) is 5.71. The lowest BCUT2D eigenvalue weighted by atomic mass is 9.96. The van der Waals surface area contributed by atoms with Gasteiger partial charge in [0.25, 0.3) is 0 Å². The van der Waals surface area contributed by atoms with Crippen LogP contribution in [0.5, 0.6) is 0 Å². The summed E-state index contributed by atoms with van der Waals surface area (Å²) in [6.45, 7) is 4.61. The highest BCUT2D eigenvalue weighted by Crippen LogP contribution is 2.18. The van der Waals surface area contributed by atoms with Gasteiger partial charge in [-0.25, -0.2) is 0 Å². The average Bonchev–Trinajstić information content (AvgIpc) is 2.93. The predicted molar refractivity (Wildman–Crippen MR) is 179 cm³/mol. The van der Waals surface area contributed by atoms with Crippen LogP contribution >= 0.6 is 0 Å². The van der Waals surface area contributed by atoms with Crippen LogP contribution in [0, 0.1) is 0 Å². The van der Waals surface area contributed by atoms with Gasteiger partial charge in [-0.3, -0.25) is 9.11 Å². The molecule has 0 heterocycles. The third kappa shape index (κ3) is 33.5. The second-order valence-corrected chi connectivity index (χ2v) is 13.1. The minimum absolute atomic E-state index is 1.30. The van der Waals surface area contributed by atoms with Crippen molar-refractivity contribution in [2.24, 2.45) is 0 Å². The van der Waals surface area contributed by atoms with Crippen LogP contribution in [0.25, 0.3) is 0 Å². The molecule has 4 nitrogen and oxygen atoms in total. The molecule has 0 aliphatic heterocycles. The maximum atomic E-state index is 8.74. The summed E-state index contributed by atoms with van der Waals surface area (Å²) in [5.74, 6) is 0. The maximum Gasteiger partial charge on any atom is 0.394 e. The van der Waals surface area contributed by atoms with Crippen molar-refractivity contribution in [1.82, 2.24) is 0 Å². The topological polar surface area (TPSA) is 74.6 Å². The van der Waals surface area contributed by atoms with Gasteiger partial charge in [0.15, 0.2) is 0 Å². The molecule has 0 radical (unpaired) electrons. The minimum Gasteiger partial charge on any atom is -0.264 e. The van der Waals surface area contributed by atoms with Crippen molar-refractivity contribution >= 4 is 10.4 Å². The van der Waals surface area contributed by atoms with Crippen LogP contribution < -0.4 is 0 Å². The highest BCUT2D eigenvalue weighted by molar-refractivity contribution is 7.79. The lowest BCUT2D eigenvalue weighted by molar-refractivity contribution is 0.381. The molecule has 0 aliphatic rings.